The molecule has 1 atom stereocenters. The predicted molar refractivity (Wildman–Crippen MR) is 97.4 cm³/mol. The molecular weight excluding hydrogens is 419 g/mol. The second-order valence-electron chi connectivity index (χ2n) is 6.17. The second-order valence-corrected chi connectivity index (χ2v) is 7.33. The van der Waals surface area contributed by atoms with Crippen molar-refractivity contribution in [2.75, 3.05) is 20.8 Å². The van der Waals surface area contributed by atoms with Crippen LogP contribution < -0.4 is 83.7 Å². The molecule has 11 heteroatoms. The Kier molecular flexibility index (Phi) is 18.5. The van der Waals surface area contributed by atoms with E-state index in [1.807, 2.05) is 0 Å². The zero-order valence-corrected chi connectivity index (χ0v) is 23.0. The van der Waals surface area contributed by atoms with Crippen LogP contribution in [0.4, 0.5) is 0 Å². The molecule has 29 heavy (non-hydrogen) atoms. The van der Waals surface area contributed by atoms with Crippen LogP contribution in [0.2, 0.25) is 0 Å². The van der Waals surface area contributed by atoms with Gasteiger partial charge in [0.05, 0.1) is 34.7 Å². The van der Waals surface area contributed by atoms with Gasteiger partial charge >= 0.3 is 59.1 Å². The third-order valence-electron chi connectivity index (χ3n) is 4.02. The first-order chi connectivity index (χ1) is 12.8. The van der Waals surface area contributed by atoms with Gasteiger partial charge in [0.2, 0.25) is 5.91 Å². The predicted octanol–water partition coefficient (Wildman–Crippen LogP) is -3.93. The van der Waals surface area contributed by atoms with Gasteiger partial charge in [-0.1, -0.05) is 32.6 Å². The van der Waals surface area contributed by atoms with E-state index < -0.39 is 20.5 Å². The van der Waals surface area contributed by atoms with Gasteiger partial charge in [-0.3, -0.25) is 4.79 Å². The second kappa shape index (κ2) is 17.0. The zero-order valence-electron chi connectivity index (χ0n) is 18.1. The number of carbonyl (C=O) groups excluding carboxylic acids is 1. The molecule has 1 aromatic carbocycles. The molecule has 0 saturated heterocycles. The van der Waals surface area contributed by atoms with Crippen molar-refractivity contribution in [3.8, 4) is 11.5 Å². The molecule has 0 aliphatic rings. The van der Waals surface area contributed by atoms with Gasteiger partial charge in [0, 0.05) is 12.5 Å². The molecule has 0 radical (unpaired) electrons. The van der Waals surface area contributed by atoms with E-state index in [9.17, 15) is 19.1 Å². The number of unbranched alkanes of at least 4 members (excludes halogenated alkanes) is 4. The molecule has 0 fully saturated rings. The number of hydrogen-bond acceptors (Lipinski definition) is 7. The minimum absolute atomic E-state index is 0. The van der Waals surface area contributed by atoms with E-state index in [0.717, 1.165) is 32.1 Å². The smallest absolute Gasteiger partial charge is 0.790 e. The van der Waals surface area contributed by atoms with E-state index in [4.69, 9.17) is 9.47 Å². The van der Waals surface area contributed by atoms with Gasteiger partial charge < -0.3 is 33.7 Å². The maximum absolute atomic E-state index is 12.2. The molecule has 8 nitrogen and oxygen atoms in total. The fourth-order valence-electron chi connectivity index (χ4n) is 2.57. The summed E-state index contributed by atoms with van der Waals surface area (Å²) >= 11 is 0. The topological polar surface area (TPSA) is 120 Å². The van der Waals surface area contributed by atoms with E-state index in [1.165, 1.54) is 14.2 Å². The summed E-state index contributed by atoms with van der Waals surface area (Å²) in [6, 6.07) is 4.06. The summed E-state index contributed by atoms with van der Waals surface area (Å²) in [6.45, 7) is 1.62. The van der Waals surface area contributed by atoms with Crippen molar-refractivity contribution >= 4 is 13.7 Å². The zero-order chi connectivity index (χ0) is 20.3. The number of methoxy groups -OCH3 is 2. The third-order valence-corrected chi connectivity index (χ3v) is 4.48. The molecule has 0 spiro atoms. The minimum atomic E-state index is -5.17. The summed E-state index contributed by atoms with van der Waals surface area (Å²) in [5.41, 5.74) is 0.513. The molecule has 1 rings (SSSR count). The van der Waals surface area contributed by atoms with Crippen LogP contribution in [0.15, 0.2) is 18.2 Å². The van der Waals surface area contributed by atoms with Crippen molar-refractivity contribution < 1.29 is 92.3 Å². The Labute approximate surface area is 217 Å². The summed E-state index contributed by atoms with van der Waals surface area (Å²) in [4.78, 5) is 34.0. The maximum atomic E-state index is 12.2. The number of rotatable bonds is 13. The molecule has 1 unspecified atom stereocenters. The van der Waals surface area contributed by atoms with Crippen molar-refractivity contribution in [1.29, 1.82) is 0 Å². The van der Waals surface area contributed by atoms with Gasteiger partial charge in [0.1, 0.15) is 11.5 Å². The Morgan fingerprint density at radius 1 is 1.03 bits per heavy atom. The van der Waals surface area contributed by atoms with E-state index in [1.54, 1.807) is 18.2 Å². The van der Waals surface area contributed by atoms with Crippen molar-refractivity contribution in [1.82, 2.24) is 5.32 Å². The molecule has 0 aliphatic carbocycles. The number of hydrogen-bond donors (Lipinski definition) is 1. The Hall–Kier alpha value is 0.400. The van der Waals surface area contributed by atoms with Crippen LogP contribution in [0.5, 0.6) is 11.5 Å². The number of phosphoric acid groups is 1. The quantitative estimate of drug-likeness (QED) is 0.186. The summed E-state index contributed by atoms with van der Waals surface area (Å²) in [5, 5.41) is 2.73. The SMILES string of the molecule is CCCCCCCC(=O)NC(COP(=O)([O-])[O-])c1cc(OC)cc(OC)c1.[Na+].[Na+]. The standard InChI is InChI=1S/C18H30NO7P.2Na/c1-4-5-6-7-8-9-18(20)19-17(13-26-27(21,22)23)14-10-15(24-2)12-16(11-14)25-3;;/h10-12,17H,4-9,13H2,1-3H3,(H,19,20)(H2,21,22,23);;/q;2*+1/p-2. The van der Waals surface area contributed by atoms with Crippen molar-refractivity contribution in [3.63, 3.8) is 0 Å². The Morgan fingerprint density at radius 2 is 1.59 bits per heavy atom. The Balaban J connectivity index is 0. The number of phosphoric ester groups is 1. The molecule has 1 amide bonds. The average Bonchev–Trinajstić information content (AvgIpc) is 2.63. The van der Waals surface area contributed by atoms with Gasteiger partial charge in [0.25, 0.3) is 0 Å². The van der Waals surface area contributed by atoms with Gasteiger partial charge in [-0.25, -0.2) is 0 Å². The van der Waals surface area contributed by atoms with E-state index >= 15 is 0 Å². The molecule has 0 bridgehead atoms. The molecule has 0 saturated carbocycles. The minimum Gasteiger partial charge on any atom is -0.790 e. The molecule has 0 heterocycles. The van der Waals surface area contributed by atoms with Crippen molar-refractivity contribution in [2.45, 2.75) is 51.5 Å². The van der Waals surface area contributed by atoms with Crippen LogP contribution in [-0.2, 0) is 13.9 Å². The number of nitrogens with one attached hydrogen (secondary N) is 1. The van der Waals surface area contributed by atoms with Gasteiger partial charge in [-0.2, -0.15) is 0 Å². The summed E-state index contributed by atoms with van der Waals surface area (Å²) in [6.07, 6.45) is 5.32. The van der Waals surface area contributed by atoms with Crippen LogP contribution in [0.25, 0.3) is 0 Å². The third kappa shape index (κ3) is 14.2. The van der Waals surface area contributed by atoms with E-state index in [-0.39, 0.29) is 65.0 Å². The molecule has 1 aromatic rings. The Morgan fingerprint density at radius 3 is 2.07 bits per heavy atom. The molecule has 0 aromatic heterocycles. The average molecular weight is 447 g/mol. The van der Waals surface area contributed by atoms with Crippen LogP contribution >= 0.6 is 7.82 Å². The molecule has 154 valence electrons. The molecular formula is C18H28NNa2O7P. The fraction of sp³-hybridized carbons (Fsp3) is 0.611. The summed E-state index contributed by atoms with van der Waals surface area (Å²) < 4.78 is 25.6. The van der Waals surface area contributed by atoms with Crippen LogP contribution in [0.3, 0.4) is 0 Å². The molecule has 1 N–H and O–H groups in total. The largest absolute Gasteiger partial charge is 1.00 e. The number of ether oxygens (including phenoxy) is 2. The monoisotopic (exact) mass is 447 g/mol. The first kappa shape index (κ1) is 31.6. The van der Waals surface area contributed by atoms with Gasteiger partial charge in [-0.15, -0.1) is 0 Å². The maximum Gasteiger partial charge on any atom is 1.00 e. The number of carbonyl (C=O) groups is 1. The van der Waals surface area contributed by atoms with Gasteiger partial charge in [-0.05, 0) is 24.1 Å². The first-order valence-electron chi connectivity index (χ1n) is 8.98. The summed E-state index contributed by atoms with van der Waals surface area (Å²) in [7, 11) is -2.22. The van der Waals surface area contributed by atoms with Crippen LogP contribution in [-0.4, -0.2) is 26.7 Å². The van der Waals surface area contributed by atoms with Crippen molar-refractivity contribution in [2.24, 2.45) is 0 Å². The van der Waals surface area contributed by atoms with Crippen LogP contribution in [0, 0.1) is 0 Å². The first-order valence-corrected chi connectivity index (χ1v) is 10.4. The number of benzene rings is 1. The Bertz CT molecular complexity index is 620. The summed E-state index contributed by atoms with van der Waals surface area (Å²) in [5.74, 6) is 0.694. The van der Waals surface area contributed by atoms with E-state index in [0.29, 0.717) is 23.5 Å². The normalized spacial score (nSPS) is 11.6. The fourth-order valence-corrected chi connectivity index (χ4v) is 2.90. The number of amides is 1. The molecule has 0 aliphatic heterocycles. The van der Waals surface area contributed by atoms with Gasteiger partial charge in [0.15, 0.2) is 0 Å². The van der Waals surface area contributed by atoms with Crippen LogP contribution in [0.1, 0.15) is 57.1 Å². The van der Waals surface area contributed by atoms with E-state index in [2.05, 4.69) is 16.8 Å². The van der Waals surface area contributed by atoms with Crippen molar-refractivity contribution in [3.05, 3.63) is 23.8 Å².